The molecule has 19 heteroatoms. The fraction of sp³-hybridized carbons (Fsp3) is 0.613. The predicted octanol–water partition coefficient (Wildman–Crippen LogP) is 25.7. The molecule has 0 fully saturated rings. The minimum absolute atomic E-state index is 0.0313. The number of carbonyl (C=O) groups excluding carboxylic acids is 4. The van der Waals surface area contributed by atoms with E-state index in [1.165, 1.54) is 83.5 Å². The number of esters is 4. The first-order valence-corrected chi connectivity index (χ1v) is 45.7. The lowest BCUT2D eigenvalue weighted by molar-refractivity contribution is -0.161. The molecule has 0 bridgehead atoms. The van der Waals surface area contributed by atoms with Gasteiger partial charge in [0, 0.05) is 25.7 Å². The molecule has 2 unspecified atom stereocenters. The van der Waals surface area contributed by atoms with Crippen molar-refractivity contribution < 1.29 is 80.2 Å². The van der Waals surface area contributed by atoms with Crippen molar-refractivity contribution >= 4 is 39.5 Å². The van der Waals surface area contributed by atoms with Crippen molar-refractivity contribution in [2.24, 2.45) is 0 Å². The van der Waals surface area contributed by atoms with Crippen molar-refractivity contribution in [3.63, 3.8) is 0 Å². The zero-order chi connectivity index (χ0) is 81.7. The van der Waals surface area contributed by atoms with Crippen molar-refractivity contribution in [3.05, 3.63) is 194 Å². The van der Waals surface area contributed by atoms with Gasteiger partial charge < -0.3 is 33.8 Å². The Morgan fingerprint density at radius 2 is 0.482 bits per heavy atom. The van der Waals surface area contributed by atoms with Crippen molar-refractivity contribution in [2.75, 3.05) is 39.6 Å². The second-order valence-corrected chi connectivity index (χ2v) is 30.6. The summed E-state index contributed by atoms with van der Waals surface area (Å²) in [5.41, 5.74) is 0. The lowest BCUT2D eigenvalue weighted by atomic mass is 10.0. The van der Waals surface area contributed by atoms with Crippen molar-refractivity contribution in [1.82, 2.24) is 0 Å². The van der Waals surface area contributed by atoms with Crippen LogP contribution in [0.15, 0.2) is 194 Å². The molecule has 0 aliphatic heterocycles. The van der Waals surface area contributed by atoms with Crippen LogP contribution in [0.2, 0.25) is 0 Å². The molecule has 0 rings (SSSR count). The van der Waals surface area contributed by atoms with E-state index in [1.54, 1.807) is 0 Å². The van der Waals surface area contributed by atoms with Gasteiger partial charge in [-0.2, -0.15) is 0 Å². The average Bonchev–Trinajstić information content (AvgIpc) is 0.897. The Bertz CT molecular complexity index is 2890. The number of ether oxygens (including phenoxy) is 4. The molecule has 0 saturated heterocycles. The monoisotopic (exact) mass is 1600 g/mol. The van der Waals surface area contributed by atoms with Crippen LogP contribution in [0.5, 0.6) is 0 Å². The van der Waals surface area contributed by atoms with Gasteiger partial charge in [0.1, 0.15) is 19.3 Å². The summed E-state index contributed by atoms with van der Waals surface area (Å²) in [6.07, 6.45) is 103. The third-order valence-corrected chi connectivity index (χ3v) is 19.0. The summed E-state index contributed by atoms with van der Waals surface area (Å²) in [6.45, 7) is 4.42. The molecule has 0 aromatic carbocycles. The molecule has 634 valence electrons. The van der Waals surface area contributed by atoms with E-state index in [0.717, 1.165) is 135 Å². The zero-order valence-electron chi connectivity index (χ0n) is 69.5. The quantitative estimate of drug-likeness (QED) is 0.0169. The number of phosphoric ester groups is 2. The van der Waals surface area contributed by atoms with Crippen LogP contribution in [0.4, 0.5) is 0 Å². The van der Waals surface area contributed by atoms with Crippen LogP contribution in [0.1, 0.15) is 310 Å². The Labute approximate surface area is 678 Å². The van der Waals surface area contributed by atoms with Gasteiger partial charge in [-0.25, -0.2) is 9.13 Å². The molecule has 3 N–H and O–H groups in total. The normalized spacial score (nSPS) is 14.7. The summed E-state index contributed by atoms with van der Waals surface area (Å²) < 4.78 is 68.6. The molecule has 0 aromatic rings. The highest BCUT2D eigenvalue weighted by Crippen LogP contribution is 2.45. The van der Waals surface area contributed by atoms with E-state index in [1.807, 2.05) is 30.4 Å². The lowest BCUT2D eigenvalue weighted by Gasteiger charge is -2.21. The van der Waals surface area contributed by atoms with Gasteiger partial charge in [-0.3, -0.25) is 37.3 Å². The summed E-state index contributed by atoms with van der Waals surface area (Å²) >= 11 is 0. The molecule has 5 atom stereocenters. The molecule has 0 saturated carbocycles. The molecular weight excluding hydrogens is 1450 g/mol. The van der Waals surface area contributed by atoms with Crippen LogP contribution in [0, 0.1) is 0 Å². The number of carbonyl (C=O) groups is 4. The van der Waals surface area contributed by atoms with Crippen LogP contribution in [0.25, 0.3) is 0 Å². The van der Waals surface area contributed by atoms with Crippen LogP contribution >= 0.6 is 15.6 Å². The first-order valence-electron chi connectivity index (χ1n) is 42.7. The lowest BCUT2D eigenvalue weighted by Crippen LogP contribution is -2.30. The number of aliphatic hydroxyl groups is 1. The topological polar surface area (TPSA) is 237 Å². The van der Waals surface area contributed by atoms with Gasteiger partial charge in [-0.1, -0.05) is 331 Å². The maximum atomic E-state index is 13.1. The van der Waals surface area contributed by atoms with Crippen molar-refractivity contribution in [3.8, 4) is 0 Å². The highest BCUT2D eigenvalue weighted by molar-refractivity contribution is 7.47. The van der Waals surface area contributed by atoms with Gasteiger partial charge in [-0.05, 0) is 148 Å². The van der Waals surface area contributed by atoms with E-state index < -0.39 is 97.5 Å². The number of unbranched alkanes of at least 4 members (excludes halogenated alkanes) is 20. The average molecular weight is 1600 g/mol. The van der Waals surface area contributed by atoms with E-state index in [4.69, 9.17) is 37.0 Å². The van der Waals surface area contributed by atoms with Gasteiger partial charge >= 0.3 is 39.5 Å². The van der Waals surface area contributed by atoms with Gasteiger partial charge in [0.25, 0.3) is 0 Å². The minimum Gasteiger partial charge on any atom is -0.462 e. The largest absolute Gasteiger partial charge is 0.472 e. The van der Waals surface area contributed by atoms with Crippen LogP contribution in [-0.2, 0) is 65.4 Å². The van der Waals surface area contributed by atoms with E-state index in [9.17, 15) is 43.2 Å². The van der Waals surface area contributed by atoms with E-state index >= 15 is 0 Å². The molecule has 0 radical (unpaired) electrons. The Hall–Kier alpha value is -6.10. The number of allylic oxidation sites excluding steroid dienone is 32. The Morgan fingerprint density at radius 3 is 0.804 bits per heavy atom. The fourth-order valence-corrected chi connectivity index (χ4v) is 12.2. The molecule has 17 nitrogen and oxygen atoms in total. The van der Waals surface area contributed by atoms with Crippen molar-refractivity contribution in [2.45, 2.75) is 329 Å². The number of phosphoric acid groups is 2. The van der Waals surface area contributed by atoms with Crippen LogP contribution in [-0.4, -0.2) is 96.7 Å². The van der Waals surface area contributed by atoms with Gasteiger partial charge in [0.05, 0.1) is 26.4 Å². The summed E-state index contributed by atoms with van der Waals surface area (Å²) in [5.74, 6) is -2.42. The number of hydrogen-bond donors (Lipinski definition) is 3. The molecule has 0 aromatic heterocycles. The molecule has 112 heavy (non-hydrogen) atoms. The molecule has 0 heterocycles. The third kappa shape index (κ3) is 81.9. The number of rotatable bonds is 78. The molecule has 0 amide bonds. The van der Waals surface area contributed by atoms with Crippen LogP contribution in [0.3, 0.4) is 0 Å². The number of aliphatic hydroxyl groups excluding tert-OH is 1. The van der Waals surface area contributed by atoms with Gasteiger partial charge in [0.15, 0.2) is 12.2 Å². The van der Waals surface area contributed by atoms with Crippen molar-refractivity contribution in [1.29, 1.82) is 0 Å². The fourth-order valence-electron chi connectivity index (χ4n) is 10.7. The van der Waals surface area contributed by atoms with Gasteiger partial charge in [-0.15, -0.1) is 0 Å². The minimum atomic E-state index is -5.02. The first kappa shape index (κ1) is 106. The van der Waals surface area contributed by atoms with Crippen LogP contribution < -0.4 is 0 Å². The Kier molecular flexibility index (Phi) is 78.4. The summed E-state index contributed by atoms with van der Waals surface area (Å²) in [4.78, 5) is 73.2. The SMILES string of the molecule is CC/C=C\C/C=C\C/C=C\C/C=C\C/C=C\C/C=C\CCC(=O)O[C@H](COC(=O)CCCCC/C=C\C/C=C\C/C=C\C/C=C\C/C=C\CC)COP(=O)(O)OC[C@@H](O)COP(=O)(O)OC[C@@H](COC(=O)CC/C=C\C/C=C\C/C=C\C/C=C\C/C=C\CCCCC)OC(=O)CCCCCCCCCCCCCCCCC. The maximum absolute atomic E-state index is 13.1. The first-order chi connectivity index (χ1) is 54.7. The smallest absolute Gasteiger partial charge is 0.462 e. The van der Waals surface area contributed by atoms with E-state index in [-0.39, 0.29) is 25.7 Å². The second-order valence-electron chi connectivity index (χ2n) is 27.7. The molecule has 0 aliphatic carbocycles. The predicted molar refractivity (Wildman–Crippen MR) is 463 cm³/mol. The number of hydrogen-bond acceptors (Lipinski definition) is 15. The van der Waals surface area contributed by atoms with Gasteiger partial charge in [0.2, 0.25) is 0 Å². The maximum Gasteiger partial charge on any atom is 0.472 e. The molecule has 0 aliphatic rings. The summed E-state index contributed by atoms with van der Waals surface area (Å²) in [6, 6.07) is 0. The Balaban J connectivity index is 5.56. The van der Waals surface area contributed by atoms with E-state index in [0.29, 0.717) is 38.5 Å². The Morgan fingerprint density at radius 1 is 0.259 bits per heavy atom. The zero-order valence-corrected chi connectivity index (χ0v) is 71.3. The molecule has 0 spiro atoms. The summed E-state index contributed by atoms with van der Waals surface area (Å²) in [7, 11) is -10.0. The molecular formula is C93H150O17P2. The standard InChI is InChI=1S/C93H150O17P2/c1-5-9-13-17-21-25-29-33-37-40-43-46-50-53-57-61-65-69-73-77-90(95)103-83-88(109-92(97)79-75-71-67-63-59-55-49-36-32-28-24-20-16-12-8-4)85-107-111(99,100)105-81-87(94)82-106-112(101,102)108-86-89(110-93(98)80-76-72-68-64-60-56-52-48-45-42-39-35-31-27-23-19-15-11-7-3)84-104-91(96)78-74-70-66-62-58-54-51-47-44-41-38-34-30-26-22-18-14-10-6-2/h10-11,14-15,21-23,25-27,33-35,37-39,43-48,53-54,56-58,60,65,68-69,72,87-89,94H,5-9,12-13,16-20,24,28-32,36,40-42,49-52,55,59,61-64,66-67,70-71,73-86H2,1-4H3,(H,99,100)(H,101,102)/b14-10-,15-11-,25-21-,26-22-,27-23-,37-33-,38-34-,39-35-,46-43-,47-44-,48-45-,57-53-,58-54-,60-56-,69-65-,72-68-/t87-,88+,89+/m0/s1. The summed E-state index contributed by atoms with van der Waals surface area (Å²) in [5, 5.41) is 10.7. The highest BCUT2D eigenvalue weighted by Gasteiger charge is 2.30. The van der Waals surface area contributed by atoms with E-state index in [2.05, 4.69) is 192 Å². The highest BCUT2D eigenvalue weighted by atomic mass is 31.2. The third-order valence-electron chi connectivity index (χ3n) is 17.1. The second kappa shape index (κ2) is 82.9.